The second-order valence-corrected chi connectivity index (χ2v) is 2.72. The van der Waals surface area contributed by atoms with E-state index in [-0.39, 0.29) is 0 Å². The summed E-state index contributed by atoms with van der Waals surface area (Å²) in [6.45, 7) is 3.18. The summed E-state index contributed by atoms with van der Waals surface area (Å²) in [7, 11) is 2.26. The first-order valence-corrected chi connectivity index (χ1v) is 3.29. The van der Waals surface area contributed by atoms with Crippen molar-refractivity contribution in [2.24, 2.45) is 4.99 Å². The molecule has 0 saturated carbocycles. The largest absolute Gasteiger partial charge is 0.295 e. The van der Waals surface area contributed by atoms with Gasteiger partial charge in [0.1, 0.15) is 7.85 Å². The Balaban J connectivity index is 2.42. The number of rotatable bonds is 0. The minimum absolute atomic E-state index is 0.832. The average molecular weight is 109 g/mol. The van der Waals surface area contributed by atoms with Crippen molar-refractivity contribution in [1.29, 1.82) is 0 Å². The van der Waals surface area contributed by atoms with Crippen molar-refractivity contribution in [3.63, 3.8) is 0 Å². The van der Waals surface area contributed by atoms with E-state index in [1.165, 1.54) is 18.6 Å². The highest BCUT2D eigenvalue weighted by Crippen LogP contribution is 2.14. The highest BCUT2D eigenvalue weighted by molar-refractivity contribution is 6.12. The number of hydrogen-bond donors (Lipinski definition) is 0. The first kappa shape index (κ1) is 5.86. The van der Waals surface area contributed by atoms with Gasteiger partial charge in [0.2, 0.25) is 0 Å². The summed E-state index contributed by atoms with van der Waals surface area (Å²) in [5.74, 6) is 0.832. The van der Waals surface area contributed by atoms with Crippen molar-refractivity contribution in [3.8, 4) is 0 Å². The van der Waals surface area contributed by atoms with Crippen molar-refractivity contribution >= 4 is 13.6 Å². The molecule has 1 nitrogen and oxygen atoms in total. The Kier molecular flexibility index (Phi) is 1.71. The van der Waals surface area contributed by atoms with Gasteiger partial charge in [0.15, 0.2) is 0 Å². The van der Waals surface area contributed by atoms with Gasteiger partial charge in [-0.15, -0.1) is 0 Å². The summed E-state index contributed by atoms with van der Waals surface area (Å²) in [6.07, 6.45) is 2.57. The van der Waals surface area contributed by atoms with Gasteiger partial charge in [-0.05, 0) is 13.3 Å². The second kappa shape index (κ2) is 2.34. The molecular formula is C6H12BN. The first-order valence-electron chi connectivity index (χ1n) is 3.29. The van der Waals surface area contributed by atoms with E-state index in [1.54, 1.807) is 0 Å². The first-order chi connectivity index (χ1) is 3.79. The Morgan fingerprint density at radius 2 is 2.50 bits per heavy atom. The lowest BCUT2D eigenvalue weighted by molar-refractivity contribution is 0.733. The molecule has 0 aromatic heterocycles. The third kappa shape index (κ3) is 1.36. The summed E-state index contributed by atoms with van der Waals surface area (Å²) in [4.78, 5) is 4.33. The van der Waals surface area contributed by atoms with Crippen molar-refractivity contribution < 1.29 is 0 Å². The zero-order valence-electron chi connectivity index (χ0n) is 5.65. The van der Waals surface area contributed by atoms with Gasteiger partial charge >= 0.3 is 0 Å². The van der Waals surface area contributed by atoms with Crippen molar-refractivity contribution in [3.05, 3.63) is 0 Å². The molecule has 2 heteroatoms. The van der Waals surface area contributed by atoms with Crippen molar-refractivity contribution in [2.45, 2.75) is 25.6 Å². The van der Waals surface area contributed by atoms with Crippen LogP contribution in [0.1, 0.15) is 19.8 Å². The maximum atomic E-state index is 4.33. The average Bonchev–Trinajstić information content (AvgIpc) is 1.77. The third-order valence-corrected chi connectivity index (χ3v) is 1.67. The molecule has 0 aromatic rings. The van der Waals surface area contributed by atoms with Gasteiger partial charge in [-0.1, -0.05) is 12.2 Å². The van der Waals surface area contributed by atoms with E-state index < -0.39 is 0 Å². The highest BCUT2D eigenvalue weighted by atomic mass is 14.7. The molecule has 0 bridgehead atoms. The zero-order chi connectivity index (χ0) is 5.98. The second-order valence-electron chi connectivity index (χ2n) is 2.72. The van der Waals surface area contributed by atoms with E-state index in [9.17, 15) is 0 Å². The molecule has 1 aliphatic heterocycles. The molecule has 1 heterocycles. The summed E-state index contributed by atoms with van der Waals surface area (Å²) in [5, 5.41) is 0. The van der Waals surface area contributed by atoms with Gasteiger partial charge in [-0.3, -0.25) is 4.99 Å². The van der Waals surface area contributed by atoms with Crippen LogP contribution in [0, 0.1) is 0 Å². The standard InChI is InChI=1S/C6H12BN/c1-5-2-3-6(7)4-8-5/h6H,2-4,7H2,1H3. The van der Waals surface area contributed by atoms with Crippen LogP contribution >= 0.6 is 0 Å². The van der Waals surface area contributed by atoms with E-state index in [4.69, 9.17) is 0 Å². The third-order valence-electron chi connectivity index (χ3n) is 1.67. The molecule has 0 aliphatic carbocycles. The molecule has 44 valence electrons. The summed E-state index contributed by atoms with van der Waals surface area (Å²) in [6, 6.07) is 0. The SMILES string of the molecule is BC1CCC(C)=NC1. The molecule has 0 aromatic carbocycles. The lowest BCUT2D eigenvalue weighted by Gasteiger charge is -2.13. The van der Waals surface area contributed by atoms with Gasteiger partial charge in [-0.2, -0.15) is 0 Å². The summed E-state index contributed by atoms with van der Waals surface area (Å²) < 4.78 is 0. The topological polar surface area (TPSA) is 12.4 Å². The predicted octanol–water partition coefficient (Wildman–Crippen LogP) is 0.663. The maximum absolute atomic E-state index is 4.33. The molecular weight excluding hydrogens is 96.9 g/mol. The minimum atomic E-state index is 0.832. The normalized spacial score (nSPS) is 29.6. The summed E-state index contributed by atoms with van der Waals surface area (Å²) in [5.41, 5.74) is 1.34. The molecule has 0 spiro atoms. The van der Waals surface area contributed by atoms with Crippen LogP contribution in [0.2, 0.25) is 5.82 Å². The number of nitrogens with zero attached hydrogens (tertiary/aromatic N) is 1. The van der Waals surface area contributed by atoms with Crippen LogP contribution in [-0.4, -0.2) is 20.1 Å². The van der Waals surface area contributed by atoms with E-state index in [0.29, 0.717) is 0 Å². The smallest absolute Gasteiger partial charge is 0.107 e. The Hall–Kier alpha value is -0.265. The summed E-state index contributed by atoms with van der Waals surface area (Å²) >= 11 is 0. The fraction of sp³-hybridized carbons (Fsp3) is 0.833. The van der Waals surface area contributed by atoms with Crippen LogP contribution in [0.4, 0.5) is 0 Å². The maximum Gasteiger partial charge on any atom is 0.107 e. The molecule has 8 heavy (non-hydrogen) atoms. The molecule has 0 amide bonds. The van der Waals surface area contributed by atoms with Crippen LogP contribution in [0.15, 0.2) is 4.99 Å². The lowest BCUT2D eigenvalue weighted by atomic mass is 9.81. The fourth-order valence-electron chi connectivity index (χ4n) is 0.937. The predicted molar refractivity (Wildman–Crippen MR) is 39.5 cm³/mol. The molecule has 1 aliphatic rings. The van der Waals surface area contributed by atoms with Gasteiger partial charge in [0, 0.05) is 12.3 Å². The minimum Gasteiger partial charge on any atom is -0.295 e. The Morgan fingerprint density at radius 1 is 1.75 bits per heavy atom. The highest BCUT2D eigenvalue weighted by Gasteiger charge is 2.06. The Morgan fingerprint density at radius 3 is 2.88 bits per heavy atom. The molecule has 0 N–H and O–H groups in total. The zero-order valence-corrected chi connectivity index (χ0v) is 5.65. The van der Waals surface area contributed by atoms with Crippen LogP contribution in [0.3, 0.4) is 0 Å². The van der Waals surface area contributed by atoms with E-state index in [0.717, 1.165) is 12.4 Å². The molecule has 1 rings (SSSR count). The van der Waals surface area contributed by atoms with Gasteiger partial charge in [-0.25, -0.2) is 0 Å². The van der Waals surface area contributed by atoms with E-state index in [2.05, 4.69) is 19.8 Å². The lowest BCUT2D eigenvalue weighted by Crippen LogP contribution is -2.08. The van der Waals surface area contributed by atoms with Crippen LogP contribution in [0.25, 0.3) is 0 Å². The van der Waals surface area contributed by atoms with Crippen molar-refractivity contribution in [1.82, 2.24) is 0 Å². The Bertz CT molecular complexity index is 109. The molecule has 0 saturated heterocycles. The quantitative estimate of drug-likeness (QED) is 0.405. The van der Waals surface area contributed by atoms with E-state index >= 15 is 0 Å². The number of aliphatic imine (C=N–C) groups is 1. The van der Waals surface area contributed by atoms with Gasteiger partial charge < -0.3 is 0 Å². The van der Waals surface area contributed by atoms with E-state index in [1.807, 2.05) is 0 Å². The molecule has 0 fully saturated rings. The molecule has 1 atom stereocenters. The van der Waals surface area contributed by atoms with Crippen molar-refractivity contribution in [2.75, 3.05) is 6.54 Å². The van der Waals surface area contributed by atoms with Crippen LogP contribution in [-0.2, 0) is 0 Å². The fourth-order valence-corrected chi connectivity index (χ4v) is 0.937. The van der Waals surface area contributed by atoms with Crippen LogP contribution in [0.5, 0.6) is 0 Å². The Labute approximate surface area is 51.6 Å². The van der Waals surface area contributed by atoms with Crippen LogP contribution < -0.4 is 0 Å². The van der Waals surface area contributed by atoms with Gasteiger partial charge in [0.25, 0.3) is 0 Å². The number of hydrogen-bond acceptors (Lipinski definition) is 1. The van der Waals surface area contributed by atoms with Gasteiger partial charge in [0.05, 0.1) is 0 Å². The molecule has 1 unspecified atom stereocenters. The molecule has 0 radical (unpaired) electrons. The monoisotopic (exact) mass is 109 g/mol.